The van der Waals surface area contributed by atoms with E-state index in [9.17, 15) is 9.59 Å². The van der Waals surface area contributed by atoms with Crippen LogP contribution in [0.1, 0.15) is 68.6 Å². The van der Waals surface area contributed by atoms with Crippen molar-refractivity contribution in [1.29, 1.82) is 0 Å². The normalized spacial score (nSPS) is 34.7. The van der Waals surface area contributed by atoms with Crippen LogP contribution in [-0.2, 0) is 4.79 Å². The SMILES string of the molecule is C[C@H]1CCCCN1CCCNC(=O)[C@@H]1C[C@@H]2CC[C@@H]1C[C@@]21NC(=O)c2ccccc2N1. The summed E-state index contributed by atoms with van der Waals surface area (Å²) in [5.74, 6) is 0.924. The van der Waals surface area contributed by atoms with Crippen molar-refractivity contribution in [2.75, 3.05) is 25.0 Å². The van der Waals surface area contributed by atoms with Gasteiger partial charge in [-0.2, -0.15) is 0 Å². The van der Waals surface area contributed by atoms with Gasteiger partial charge in [-0.25, -0.2) is 0 Å². The van der Waals surface area contributed by atoms with E-state index in [-0.39, 0.29) is 17.7 Å². The highest BCUT2D eigenvalue weighted by molar-refractivity contribution is 6.02. The van der Waals surface area contributed by atoms with Gasteiger partial charge in [-0.15, -0.1) is 0 Å². The number of para-hydroxylation sites is 1. The molecule has 1 aromatic carbocycles. The number of carbonyl (C=O) groups excluding carboxylic acids is 2. The lowest BCUT2D eigenvalue weighted by Gasteiger charge is -2.56. The van der Waals surface area contributed by atoms with Crippen LogP contribution in [0.4, 0.5) is 5.69 Å². The Bertz CT molecular complexity index is 843. The number of hydrogen-bond donors (Lipinski definition) is 3. The predicted octanol–water partition coefficient (Wildman–Crippen LogP) is 3.36. The molecular formula is C25H36N4O2. The van der Waals surface area contributed by atoms with E-state index in [1.807, 2.05) is 24.3 Å². The molecule has 2 aliphatic heterocycles. The summed E-state index contributed by atoms with van der Waals surface area (Å²) in [6.07, 6.45) is 8.81. The van der Waals surface area contributed by atoms with Crippen molar-refractivity contribution < 1.29 is 9.59 Å². The summed E-state index contributed by atoms with van der Waals surface area (Å²) >= 11 is 0. The average molecular weight is 425 g/mol. The number of piperidine rings is 1. The maximum Gasteiger partial charge on any atom is 0.255 e. The number of fused-ring (bicyclic) bond motifs is 3. The fourth-order valence-corrected chi connectivity index (χ4v) is 6.58. The van der Waals surface area contributed by atoms with E-state index in [2.05, 4.69) is 27.8 Å². The van der Waals surface area contributed by atoms with Crippen LogP contribution in [0, 0.1) is 17.8 Å². The summed E-state index contributed by atoms with van der Waals surface area (Å²) < 4.78 is 0. The predicted molar refractivity (Wildman–Crippen MR) is 122 cm³/mol. The van der Waals surface area contributed by atoms with Gasteiger partial charge in [0, 0.05) is 36.7 Å². The molecule has 5 atom stereocenters. The van der Waals surface area contributed by atoms with Gasteiger partial charge in [-0.3, -0.25) is 9.59 Å². The summed E-state index contributed by atoms with van der Waals surface area (Å²) in [4.78, 5) is 28.3. The number of nitrogens with one attached hydrogen (secondary N) is 3. The van der Waals surface area contributed by atoms with Gasteiger partial charge in [0.2, 0.25) is 5.91 Å². The number of carbonyl (C=O) groups is 2. The van der Waals surface area contributed by atoms with Crippen LogP contribution < -0.4 is 16.0 Å². The first kappa shape index (κ1) is 20.8. The first-order valence-corrected chi connectivity index (χ1v) is 12.3. The number of nitrogens with zero attached hydrogens (tertiary/aromatic N) is 1. The Morgan fingerprint density at radius 1 is 1.19 bits per heavy atom. The lowest BCUT2D eigenvalue weighted by atomic mass is 9.58. The van der Waals surface area contributed by atoms with Crippen molar-refractivity contribution in [3.05, 3.63) is 29.8 Å². The van der Waals surface area contributed by atoms with E-state index >= 15 is 0 Å². The number of anilines is 1. The van der Waals surface area contributed by atoms with Crippen molar-refractivity contribution in [2.45, 2.75) is 70.0 Å². The van der Waals surface area contributed by atoms with Gasteiger partial charge in [0.25, 0.3) is 5.91 Å². The third-order valence-corrected chi connectivity index (χ3v) is 8.34. The number of amides is 2. The molecule has 6 nitrogen and oxygen atoms in total. The molecule has 3 N–H and O–H groups in total. The zero-order valence-corrected chi connectivity index (χ0v) is 18.7. The Morgan fingerprint density at radius 3 is 2.87 bits per heavy atom. The molecule has 6 rings (SSSR count). The Balaban J connectivity index is 1.16. The van der Waals surface area contributed by atoms with E-state index in [1.165, 1.54) is 25.8 Å². The average Bonchev–Trinajstić information content (AvgIpc) is 2.78. The molecule has 0 radical (unpaired) electrons. The Kier molecular flexibility index (Phi) is 5.67. The van der Waals surface area contributed by atoms with Crippen LogP contribution in [0.5, 0.6) is 0 Å². The highest BCUT2D eigenvalue weighted by Crippen LogP contribution is 2.51. The minimum absolute atomic E-state index is 0.00911. The van der Waals surface area contributed by atoms with E-state index in [4.69, 9.17) is 0 Å². The molecule has 168 valence electrons. The quantitative estimate of drug-likeness (QED) is 0.634. The van der Waals surface area contributed by atoms with Crippen LogP contribution in [0.3, 0.4) is 0 Å². The fraction of sp³-hybridized carbons (Fsp3) is 0.680. The monoisotopic (exact) mass is 424 g/mol. The van der Waals surface area contributed by atoms with Crippen molar-refractivity contribution in [1.82, 2.24) is 15.5 Å². The molecule has 0 unspecified atom stereocenters. The summed E-state index contributed by atoms with van der Waals surface area (Å²) in [6.45, 7) is 5.37. The van der Waals surface area contributed by atoms with Gasteiger partial charge in [-0.05, 0) is 76.5 Å². The molecule has 3 aliphatic carbocycles. The van der Waals surface area contributed by atoms with E-state index in [1.54, 1.807) is 0 Å². The summed E-state index contributed by atoms with van der Waals surface area (Å²) in [6, 6.07) is 8.41. The summed E-state index contributed by atoms with van der Waals surface area (Å²) in [5, 5.41) is 10.2. The third kappa shape index (κ3) is 3.95. The maximum absolute atomic E-state index is 13.0. The number of likely N-dealkylation sites (tertiary alicyclic amines) is 1. The molecule has 0 aromatic heterocycles. The van der Waals surface area contributed by atoms with Gasteiger partial charge in [0.1, 0.15) is 5.66 Å². The van der Waals surface area contributed by atoms with Gasteiger partial charge in [0.15, 0.2) is 0 Å². The van der Waals surface area contributed by atoms with Crippen LogP contribution in [0.25, 0.3) is 0 Å². The minimum Gasteiger partial charge on any atom is -0.362 e. The highest BCUT2D eigenvalue weighted by atomic mass is 16.2. The van der Waals surface area contributed by atoms with Crippen molar-refractivity contribution in [3.63, 3.8) is 0 Å². The molecule has 1 spiro atoms. The van der Waals surface area contributed by atoms with Crippen molar-refractivity contribution >= 4 is 17.5 Å². The molecule has 1 aromatic rings. The van der Waals surface area contributed by atoms with E-state index < -0.39 is 5.66 Å². The van der Waals surface area contributed by atoms with Crippen LogP contribution >= 0.6 is 0 Å². The fourth-order valence-electron chi connectivity index (χ4n) is 6.58. The molecule has 2 bridgehead atoms. The van der Waals surface area contributed by atoms with Crippen molar-refractivity contribution in [2.24, 2.45) is 17.8 Å². The number of rotatable bonds is 5. The second-order valence-electron chi connectivity index (χ2n) is 10.2. The van der Waals surface area contributed by atoms with Crippen LogP contribution in [0.2, 0.25) is 0 Å². The Hall–Kier alpha value is -2.08. The van der Waals surface area contributed by atoms with E-state index in [0.717, 1.165) is 50.9 Å². The number of hydrogen-bond acceptors (Lipinski definition) is 4. The first-order chi connectivity index (χ1) is 15.1. The van der Waals surface area contributed by atoms with Crippen LogP contribution in [0.15, 0.2) is 24.3 Å². The zero-order valence-electron chi connectivity index (χ0n) is 18.7. The molecule has 1 saturated heterocycles. The third-order valence-electron chi connectivity index (χ3n) is 8.34. The van der Waals surface area contributed by atoms with Gasteiger partial charge < -0.3 is 20.9 Å². The number of benzene rings is 1. The largest absolute Gasteiger partial charge is 0.362 e. The van der Waals surface area contributed by atoms with Crippen molar-refractivity contribution in [3.8, 4) is 0 Å². The highest BCUT2D eigenvalue weighted by Gasteiger charge is 2.55. The van der Waals surface area contributed by atoms with Gasteiger partial charge in [0.05, 0.1) is 5.56 Å². The topological polar surface area (TPSA) is 73.5 Å². The Morgan fingerprint density at radius 2 is 2.06 bits per heavy atom. The molecule has 31 heavy (non-hydrogen) atoms. The first-order valence-electron chi connectivity index (χ1n) is 12.3. The van der Waals surface area contributed by atoms with Gasteiger partial charge in [-0.1, -0.05) is 18.6 Å². The summed E-state index contributed by atoms with van der Waals surface area (Å²) in [7, 11) is 0. The van der Waals surface area contributed by atoms with Gasteiger partial charge >= 0.3 is 0 Å². The maximum atomic E-state index is 13.0. The lowest BCUT2D eigenvalue weighted by molar-refractivity contribution is -0.132. The standard InChI is InChI=1S/C25H36N4O2/c1-17-7-4-5-13-29(17)14-6-12-26-23(30)21-15-19-11-10-18(21)16-25(19)27-22-9-3-2-8-20(22)24(31)28-25/h2-3,8-9,17-19,21,27H,4-7,10-16H2,1H3,(H,26,30)(H,28,31)/t17-,18+,19-,21+,25+/m0/s1. The van der Waals surface area contributed by atoms with E-state index in [0.29, 0.717) is 23.4 Å². The minimum atomic E-state index is -0.393. The second-order valence-corrected chi connectivity index (χ2v) is 10.2. The summed E-state index contributed by atoms with van der Waals surface area (Å²) in [5.41, 5.74) is 1.24. The molecule has 3 saturated carbocycles. The molecular weight excluding hydrogens is 388 g/mol. The zero-order chi connectivity index (χ0) is 21.4. The molecule has 6 heteroatoms. The smallest absolute Gasteiger partial charge is 0.255 e. The molecule has 5 aliphatic rings. The van der Waals surface area contributed by atoms with Crippen LogP contribution in [-0.4, -0.2) is 48.1 Å². The molecule has 2 heterocycles. The lowest BCUT2D eigenvalue weighted by Crippen LogP contribution is -2.68. The molecule has 4 fully saturated rings. The molecule has 2 amide bonds. The Labute approximate surface area is 185 Å². The second kappa shape index (κ2) is 8.45.